The highest BCUT2D eigenvalue weighted by Crippen LogP contribution is 2.33. The second-order valence-corrected chi connectivity index (χ2v) is 6.36. The van der Waals surface area contributed by atoms with Gasteiger partial charge in [-0.15, -0.1) is 11.3 Å². The first-order chi connectivity index (χ1) is 9.65. The summed E-state index contributed by atoms with van der Waals surface area (Å²) in [5.74, 6) is -0.161. The lowest BCUT2D eigenvalue weighted by Crippen LogP contribution is -2.30. The van der Waals surface area contributed by atoms with E-state index in [1.807, 2.05) is 0 Å². The fraction of sp³-hybridized carbons (Fsp3) is 0.267. The summed E-state index contributed by atoms with van der Waals surface area (Å²) < 4.78 is 0. The Morgan fingerprint density at radius 1 is 1.40 bits per heavy atom. The van der Waals surface area contributed by atoms with E-state index in [-0.39, 0.29) is 11.9 Å². The minimum absolute atomic E-state index is 0.0787. The van der Waals surface area contributed by atoms with E-state index in [1.165, 1.54) is 10.4 Å². The molecule has 0 fully saturated rings. The lowest BCUT2D eigenvalue weighted by molar-refractivity contribution is 0.0933. The number of carbonyl (C=O) groups excluding carboxylic acids is 1. The Labute approximate surface area is 126 Å². The number of halogens is 1. The van der Waals surface area contributed by atoms with Crippen LogP contribution in [0.1, 0.15) is 39.7 Å². The monoisotopic (exact) mass is 306 g/mol. The number of hydrogen-bond donors (Lipinski definition) is 2. The molecule has 1 amide bonds. The Morgan fingerprint density at radius 3 is 3.10 bits per heavy atom. The molecule has 2 aromatic rings. The third kappa shape index (κ3) is 2.53. The number of carbonyl (C=O) groups is 1. The van der Waals surface area contributed by atoms with E-state index in [1.54, 1.807) is 29.5 Å². The fourth-order valence-electron chi connectivity index (χ4n) is 2.59. The molecular weight excluding hydrogens is 292 g/mol. The van der Waals surface area contributed by atoms with Gasteiger partial charge >= 0.3 is 0 Å². The van der Waals surface area contributed by atoms with Gasteiger partial charge in [-0.25, -0.2) is 0 Å². The molecule has 20 heavy (non-hydrogen) atoms. The van der Waals surface area contributed by atoms with Crippen LogP contribution < -0.4 is 11.1 Å². The number of benzene rings is 1. The maximum absolute atomic E-state index is 12.4. The number of thiophene rings is 1. The summed E-state index contributed by atoms with van der Waals surface area (Å²) in [4.78, 5) is 13.7. The van der Waals surface area contributed by atoms with E-state index in [9.17, 15) is 4.79 Å². The second kappa shape index (κ2) is 5.46. The first-order valence-electron chi connectivity index (χ1n) is 6.57. The van der Waals surface area contributed by atoms with Crippen LogP contribution in [0, 0.1) is 0 Å². The van der Waals surface area contributed by atoms with Gasteiger partial charge in [-0.1, -0.05) is 11.6 Å². The second-order valence-electron chi connectivity index (χ2n) is 4.96. The molecule has 1 heterocycles. The number of nitrogens with one attached hydrogen (secondary N) is 1. The molecule has 1 aromatic carbocycles. The van der Waals surface area contributed by atoms with Crippen LogP contribution in [0.5, 0.6) is 0 Å². The topological polar surface area (TPSA) is 55.1 Å². The highest BCUT2D eigenvalue weighted by Gasteiger charge is 2.23. The minimum atomic E-state index is -0.161. The number of rotatable bonds is 2. The number of nitrogens with two attached hydrogens (primary N) is 1. The van der Waals surface area contributed by atoms with E-state index in [2.05, 4.69) is 16.8 Å². The summed E-state index contributed by atoms with van der Waals surface area (Å²) in [6, 6.07) is 7.15. The van der Waals surface area contributed by atoms with Crippen molar-refractivity contribution in [2.45, 2.75) is 25.3 Å². The van der Waals surface area contributed by atoms with Crippen molar-refractivity contribution in [3.8, 4) is 0 Å². The maximum Gasteiger partial charge on any atom is 0.253 e. The van der Waals surface area contributed by atoms with Crippen molar-refractivity contribution in [3.05, 3.63) is 50.7 Å². The van der Waals surface area contributed by atoms with E-state index < -0.39 is 0 Å². The lowest BCUT2D eigenvalue weighted by atomic mass is 9.94. The minimum Gasteiger partial charge on any atom is -0.399 e. The van der Waals surface area contributed by atoms with Gasteiger partial charge in [0.05, 0.1) is 16.6 Å². The summed E-state index contributed by atoms with van der Waals surface area (Å²) in [5, 5.41) is 5.59. The molecule has 0 radical (unpaired) electrons. The molecule has 0 saturated heterocycles. The molecule has 0 spiro atoms. The predicted molar refractivity (Wildman–Crippen MR) is 83.3 cm³/mol. The number of anilines is 1. The average molecular weight is 307 g/mol. The average Bonchev–Trinajstić information content (AvgIpc) is 2.91. The zero-order valence-corrected chi connectivity index (χ0v) is 12.4. The van der Waals surface area contributed by atoms with E-state index in [0.717, 1.165) is 19.3 Å². The van der Waals surface area contributed by atoms with Crippen LogP contribution in [-0.2, 0) is 6.42 Å². The van der Waals surface area contributed by atoms with Crippen molar-refractivity contribution >= 4 is 34.5 Å². The fourth-order valence-corrected chi connectivity index (χ4v) is 3.78. The van der Waals surface area contributed by atoms with Crippen LogP contribution in [0.25, 0.3) is 0 Å². The highest BCUT2D eigenvalue weighted by atomic mass is 35.5. The molecule has 0 saturated carbocycles. The van der Waals surface area contributed by atoms with E-state index in [4.69, 9.17) is 17.3 Å². The zero-order chi connectivity index (χ0) is 14.1. The van der Waals surface area contributed by atoms with Crippen LogP contribution >= 0.6 is 22.9 Å². The van der Waals surface area contributed by atoms with Gasteiger partial charge < -0.3 is 11.1 Å². The van der Waals surface area contributed by atoms with Gasteiger partial charge in [-0.3, -0.25) is 4.79 Å². The van der Waals surface area contributed by atoms with Crippen LogP contribution in [-0.4, -0.2) is 5.91 Å². The standard InChI is InChI=1S/C15H15ClN2OS/c16-12-5-4-9(17)8-11(12)15(19)18-13-2-1-3-14-10(13)6-7-20-14/h4-8,13H,1-3,17H2,(H,18,19). The number of fused-ring (bicyclic) bond motifs is 1. The summed E-state index contributed by atoms with van der Waals surface area (Å²) in [6.45, 7) is 0. The van der Waals surface area contributed by atoms with Crippen molar-refractivity contribution in [3.63, 3.8) is 0 Å². The third-order valence-electron chi connectivity index (χ3n) is 3.59. The molecule has 3 rings (SSSR count). The van der Waals surface area contributed by atoms with Crippen molar-refractivity contribution in [1.29, 1.82) is 0 Å². The molecule has 1 unspecified atom stereocenters. The molecule has 1 aliphatic rings. The van der Waals surface area contributed by atoms with Crippen molar-refractivity contribution in [2.75, 3.05) is 5.73 Å². The maximum atomic E-state index is 12.4. The van der Waals surface area contributed by atoms with Crippen LogP contribution in [0.3, 0.4) is 0 Å². The first-order valence-corrected chi connectivity index (χ1v) is 7.83. The Hall–Kier alpha value is -1.52. The van der Waals surface area contributed by atoms with Crippen molar-refractivity contribution in [1.82, 2.24) is 5.32 Å². The SMILES string of the molecule is Nc1ccc(Cl)c(C(=O)NC2CCCc3sccc32)c1. The number of hydrogen-bond acceptors (Lipinski definition) is 3. The smallest absolute Gasteiger partial charge is 0.253 e. The quantitative estimate of drug-likeness (QED) is 0.829. The molecule has 0 aliphatic heterocycles. The van der Waals surface area contributed by atoms with E-state index in [0.29, 0.717) is 16.3 Å². The summed E-state index contributed by atoms with van der Waals surface area (Å²) in [6.07, 6.45) is 3.18. The number of aryl methyl sites for hydroxylation is 1. The zero-order valence-electron chi connectivity index (χ0n) is 10.9. The molecule has 1 aromatic heterocycles. The Morgan fingerprint density at radius 2 is 2.25 bits per heavy atom. The largest absolute Gasteiger partial charge is 0.399 e. The normalized spacial score (nSPS) is 17.6. The van der Waals surface area contributed by atoms with Gasteiger partial charge in [0.15, 0.2) is 0 Å². The van der Waals surface area contributed by atoms with Gasteiger partial charge in [-0.05, 0) is 54.5 Å². The first kappa shape index (κ1) is 13.5. The van der Waals surface area contributed by atoms with Crippen molar-refractivity contribution in [2.24, 2.45) is 0 Å². The Balaban J connectivity index is 1.82. The molecule has 0 bridgehead atoms. The molecular formula is C15H15ClN2OS. The third-order valence-corrected chi connectivity index (χ3v) is 4.92. The van der Waals surface area contributed by atoms with Gasteiger partial charge in [0, 0.05) is 10.6 Å². The summed E-state index contributed by atoms with van der Waals surface area (Å²) >= 11 is 7.83. The summed E-state index contributed by atoms with van der Waals surface area (Å²) in [7, 11) is 0. The van der Waals surface area contributed by atoms with Crippen LogP contribution in [0.15, 0.2) is 29.6 Å². The van der Waals surface area contributed by atoms with Gasteiger partial charge in [0.2, 0.25) is 0 Å². The molecule has 5 heteroatoms. The van der Waals surface area contributed by atoms with Gasteiger partial charge in [-0.2, -0.15) is 0 Å². The van der Waals surface area contributed by atoms with Gasteiger partial charge in [0.25, 0.3) is 5.91 Å². The van der Waals surface area contributed by atoms with Crippen molar-refractivity contribution < 1.29 is 4.79 Å². The predicted octanol–water partition coefficient (Wildman–Crippen LogP) is 3.79. The molecule has 1 aliphatic carbocycles. The number of amides is 1. The Bertz CT molecular complexity index is 653. The van der Waals surface area contributed by atoms with Gasteiger partial charge in [0.1, 0.15) is 0 Å². The number of nitrogen functional groups attached to an aromatic ring is 1. The van der Waals surface area contributed by atoms with Crippen LogP contribution in [0.4, 0.5) is 5.69 Å². The lowest BCUT2D eigenvalue weighted by Gasteiger charge is -2.24. The molecule has 3 N–H and O–H groups in total. The molecule has 104 valence electrons. The Kier molecular flexibility index (Phi) is 3.68. The molecule has 3 nitrogen and oxygen atoms in total. The van der Waals surface area contributed by atoms with E-state index >= 15 is 0 Å². The van der Waals surface area contributed by atoms with Crippen LogP contribution in [0.2, 0.25) is 5.02 Å². The molecule has 1 atom stereocenters. The summed E-state index contributed by atoms with van der Waals surface area (Å²) in [5.41, 5.74) is 7.95. The highest BCUT2D eigenvalue weighted by molar-refractivity contribution is 7.10.